The summed E-state index contributed by atoms with van der Waals surface area (Å²) in [5.74, 6) is -0.937. The van der Waals surface area contributed by atoms with Crippen LogP contribution in [-0.2, 0) is 25.6 Å². The summed E-state index contributed by atoms with van der Waals surface area (Å²) in [6.45, 7) is 11.6. The Balaban J connectivity index is 2.60. The van der Waals surface area contributed by atoms with Crippen LogP contribution in [0.3, 0.4) is 0 Å². The van der Waals surface area contributed by atoms with Gasteiger partial charge in [0.05, 0.1) is 4.91 Å². The molecule has 27 heavy (non-hydrogen) atoms. The first-order chi connectivity index (χ1) is 12.1. The standard InChI is InChI=1S/C20H29NO5S/c1-19(2,3)15-10-13(11-16(18(15)24)20(4,5)6)9-14-7-8-21(12-17(22)23)27(14,25)26/h9-11,24H,7-8,12H2,1-6H3,(H,22,23)/b14-9+. The van der Waals surface area contributed by atoms with E-state index in [9.17, 15) is 18.3 Å². The predicted octanol–water partition coefficient (Wildman–Crippen LogP) is 3.45. The summed E-state index contributed by atoms with van der Waals surface area (Å²) < 4.78 is 26.2. The molecule has 0 atom stereocenters. The molecule has 6 nitrogen and oxygen atoms in total. The lowest BCUT2D eigenvalue weighted by Gasteiger charge is -2.28. The van der Waals surface area contributed by atoms with Crippen molar-refractivity contribution in [2.45, 2.75) is 58.8 Å². The first-order valence-corrected chi connectivity index (χ1v) is 10.4. The number of phenolic OH excluding ortho intramolecular Hbond substituents is 1. The van der Waals surface area contributed by atoms with Crippen molar-refractivity contribution < 1.29 is 23.4 Å². The van der Waals surface area contributed by atoms with Crippen molar-refractivity contribution in [2.24, 2.45) is 0 Å². The lowest BCUT2D eigenvalue weighted by molar-refractivity contribution is -0.137. The Labute approximate surface area is 161 Å². The van der Waals surface area contributed by atoms with Crippen LogP contribution in [0.5, 0.6) is 5.75 Å². The van der Waals surface area contributed by atoms with E-state index in [1.54, 1.807) is 6.08 Å². The van der Waals surface area contributed by atoms with Crippen LogP contribution in [0.1, 0.15) is 64.7 Å². The summed E-state index contributed by atoms with van der Waals surface area (Å²) in [6, 6.07) is 3.62. The van der Waals surface area contributed by atoms with Crippen molar-refractivity contribution >= 4 is 22.1 Å². The number of rotatable bonds is 3. The zero-order valence-electron chi connectivity index (χ0n) is 16.8. The molecule has 0 aliphatic carbocycles. The van der Waals surface area contributed by atoms with Gasteiger partial charge in [-0.1, -0.05) is 41.5 Å². The van der Waals surface area contributed by atoms with Crippen LogP contribution in [0, 0.1) is 0 Å². The molecule has 0 unspecified atom stereocenters. The second-order valence-corrected chi connectivity index (χ2v) is 11.0. The second-order valence-electron chi connectivity index (χ2n) is 9.06. The van der Waals surface area contributed by atoms with E-state index in [-0.39, 0.29) is 34.5 Å². The molecule has 1 aromatic carbocycles. The number of benzene rings is 1. The lowest BCUT2D eigenvalue weighted by atomic mass is 9.78. The molecule has 0 amide bonds. The van der Waals surface area contributed by atoms with E-state index in [0.29, 0.717) is 5.56 Å². The maximum Gasteiger partial charge on any atom is 0.318 e. The largest absolute Gasteiger partial charge is 0.507 e. The molecule has 1 aliphatic rings. The monoisotopic (exact) mass is 395 g/mol. The van der Waals surface area contributed by atoms with Gasteiger partial charge in [-0.3, -0.25) is 4.79 Å². The van der Waals surface area contributed by atoms with Gasteiger partial charge in [-0.15, -0.1) is 0 Å². The van der Waals surface area contributed by atoms with Gasteiger partial charge in [0, 0.05) is 17.7 Å². The van der Waals surface area contributed by atoms with Gasteiger partial charge < -0.3 is 10.2 Å². The number of carboxylic acid groups (broad SMARTS) is 1. The Bertz CT molecular complexity index is 851. The maximum atomic E-state index is 12.6. The van der Waals surface area contributed by atoms with E-state index in [2.05, 4.69) is 0 Å². The number of phenols is 1. The summed E-state index contributed by atoms with van der Waals surface area (Å²) in [4.78, 5) is 11.1. The second kappa shape index (κ2) is 6.95. The van der Waals surface area contributed by atoms with Crippen LogP contribution in [0.15, 0.2) is 17.0 Å². The summed E-state index contributed by atoms with van der Waals surface area (Å²) in [5.41, 5.74) is 1.56. The van der Waals surface area contributed by atoms with Crippen molar-refractivity contribution in [1.82, 2.24) is 4.31 Å². The van der Waals surface area contributed by atoms with Crippen LogP contribution >= 0.6 is 0 Å². The summed E-state index contributed by atoms with van der Waals surface area (Å²) in [7, 11) is -3.78. The SMILES string of the molecule is CC(C)(C)c1cc(/C=C2\CCN(CC(=O)O)S2(=O)=O)cc(C(C)(C)C)c1O. The van der Waals surface area contributed by atoms with Gasteiger partial charge in [0.25, 0.3) is 0 Å². The number of hydrogen-bond acceptors (Lipinski definition) is 4. The normalized spacial score (nSPS) is 19.6. The molecule has 1 heterocycles. The molecule has 1 fully saturated rings. The number of nitrogens with zero attached hydrogens (tertiary/aromatic N) is 1. The molecule has 2 rings (SSSR count). The fourth-order valence-corrected chi connectivity index (χ4v) is 4.76. The Hall–Kier alpha value is -1.86. The molecule has 7 heteroatoms. The summed E-state index contributed by atoms with van der Waals surface area (Å²) in [5, 5.41) is 19.7. The Kier molecular flexibility index (Phi) is 5.52. The van der Waals surface area contributed by atoms with Gasteiger partial charge >= 0.3 is 5.97 Å². The molecule has 0 aromatic heterocycles. The van der Waals surface area contributed by atoms with Crippen LogP contribution in [0.2, 0.25) is 0 Å². The van der Waals surface area contributed by atoms with Crippen molar-refractivity contribution in [1.29, 1.82) is 0 Å². The maximum absolute atomic E-state index is 12.6. The van der Waals surface area contributed by atoms with Crippen LogP contribution in [0.25, 0.3) is 6.08 Å². The average Bonchev–Trinajstić information content (AvgIpc) is 2.73. The topological polar surface area (TPSA) is 94.9 Å². The van der Waals surface area contributed by atoms with Gasteiger partial charge in [-0.2, -0.15) is 4.31 Å². The Morgan fingerprint density at radius 1 is 1.11 bits per heavy atom. The minimum absolute atomic E-state index is 0.163. The number of hydrogen-bond donors (Lipinski definition) is 2. The fourth-order valence-electron chi connectivity index (χ4n) is 3.18. The van der Waals surface area contributed by atoms with Crippen molar-refractivity contribution in [2.75, 3.05) is 13.1 Å². The highest BCUT2D eigenvalue weighted by Crippen LogP contribution is 2.40. The van der Waals surface area contributed by atoms with Gasteiger partial charge in [0.1, 0.15) is 12.3 Å². The average molecular weight is 396 g/mol. The first kappa shape index (κ1) is 21.4. The molecule has 0 bridgehead atoms. The number of carboxylic acids is 1. The van der Waals surface area contributed by atoms with Crippen LogP contribution < -0.4 is 0 Å². The van der Waals surface area contributed by atoms with Crippen molar-refractivity contribution in [3.63, 3.8) is 0 Å². The molecule has 1 aromatic rings. The van der Waals surface area contributed by atoms with E-state index in [4.69, 9.17) is 5.11 Å². The number of aliphatic carboxylic acids is 1. The van der Waals surface area contributed by atoms with Gasteiger partial charge in [-0.05, 0) is 41.0 Å². The summed E-state index contributed by atoms with van der Waals surface area (Å²) in [6.07, 6.45) is 1.87. The molecule has 1 aliphatic heterocycles. The van der Waals surface area contributed by atoms with Crippen molar-refractivity contribution in [3.8, 4) is 5.75 Å². The number of aromatic hydroxyl groups is 1. The molecule has 0 radical (unpaired) electrons. The highest BCUT2D eigenvalue weighted by Gasteiger charge is 2.35. The quantitative estimate of drug-likeness (QED) is 0.817. The van der Waals surface area contributed by atoms with Crippen LogP contribution in [-0.4, -0.2) is 42.0 Å². The Morgan fingerprint density at radius 2 is 1.59 bits per heavy atom. The van der Waals surface area contributed by atoms with Gasteiger partial charge in [0.15, 0.2) is 0 Å². The van der Waals surface area contributed by atoms with E-state index in [0.717, 1.165) is 15.4 Å². The predicted molar refractivity (Wildman–Crippen MR) is 106 cm³/mol. The molecule has 0 spiro atoms. The van der Waals surface area contributed by atoms with Crippen molar-refractivity contribution in [3.05, 3.63) is 33.7 Å². The summed E-state index contributed by atoms with van der Waals surface area (Å²) >= 11 is 0. The number of carbonyl (C=O) groups is 1. The minimum atomic E-state index is -3.78. The molecule has 150 valence electrons. The zero-order chi connectivity index (χ0) is 20.8. The van der Waals surface area contributed by atoms with Gasteiger partial charge in [-0.25, -0.2) is 8.42 Å². The molecular formula is C20H29NO5S. The fraction of sp³-hybridized carbons (Fsp3) is 0.550. The molecule has 1 saturated heterocycles. The van der Waals surface area contributed by atoms with E-state index < -0.39 is 22.5 Å². The van der Waals surface area contributed by atoms with Crippen LogP contribution in [0.4, 0.5) is 0 Å². The number of sulfonamides is 1. The minimum Gasteiger partial charge on any atom is -0.507 e. The van der Waals surface area contributed by atoms with Gasteiger partial charge in [0.2, 0.25) is 10.0 Å². The van der Waals surface area contributed by atoms with E-state index >= 15 is 0 Å². The highest BCUT2D eigenvalue weighted by atomic mass is 32.2. The third kappa shape index (κ3) is 4.52. The first-order valence-electron chi connectivity index (χ1n) is 8.94. The highest BCUT2D eigenvalue weighted by molar-refractivity contribution is 7.93. The van der Waals surface area contributed by atoms with E-state index in [1.807, 2.05) is 53.7 Å². The Morgan fingerprint density at radius 3 is 2.00 bits per heavy atom. The third-order valence-electron chi connectivity index (χ3n) is 4.67. The molecule has 2 N–H and O–H groups in total. The van der Waals surface area contributed by atoms with E-state index in [1.165, 1.54) is 0 Å². The zero-order valence-corrected chi connectivity index (χ0v) is 17.6. The smallest absolute Gasteiger partial charge is 0.318 e. The lowest BCUT2D eigenvalue weighted by Crippen LogP contribution is -2.30. The molecular weight excluding hydrogens is 366 g/mol. The molecule has 0 saturated carbocycles. The third-order valence-corrected chi connectivity index (χ3v) is 6.64.